The number of anilines is 2. The fourth-order valence-electron chi connectivity index (χ4n) is 2.31. The molecule has 0 bridgehead atoms. The maximum atomic E-state index is 12.9. The summed E-state index contributed by atoms with van der Waals surface area (Å²) in [5.41, 5.74) is -0.936. The van der Waals surface area contributed by atoms with Crippen LogP contribution in [0.1, 0.15) is 25.3 Å². The summed E-state index contributed by atoms with van der Waals surface area (Å²) >= 11 is 3.34. The molecule has 0 saturated carbocycles. The largest absolute Gasteiger partial charge is 0.492 e. The lowest BCUT2D eigenvalue weighted by molar-refractivity contribution is -0.137. The van der Waals surface area contributed by atoms with Crippen LogP contribution in [0.3, 0.4) is 0 Å². The maximum Gasteiger partial charge on any atom is 0.416 e. The number of amides is 2. The Kier molecular flexibility index (Phi) is 7.45. The third-order valence-electron chi connectivity index (χ3n) is 3.57. The molecule has 0 spiro atoms. The Labute approximate surface area is 168 Å². The smallest absolute Gasteiger partial charge is 0.416 e. The second-order valence-corrected chi connectivity index (χ2v) is 6.72. The number of hydrogen-bond acceptors (Lipinski definition) is 3. The molecular formula is C19H18BrF3N2O3. The molecule has 0 heterocycles. The summed E-state index contributed by atoms with van der Waals surface area (Å²) < 4.78 is 45.1. The minimum absolute atomic E-state index is 0.0419. The SMILES string of the molecule is CC(=O)Nc1ccc(C(F)(F)F)cc1NC(=O)CCCOc1ccccc1Br. The van der Waals surface area contributed by atoms with Crippen LogP contribution in [-0.2, 0) is 15.8 Å². The van der Waals surface area contributed by atoms with Crippen molar-refractivity contribution in [2.75, 3.05) is 17.2 Å². The number of ether oxygens (including phenoxy) is 1. The van der Waals surface area contributed by atoms with Crippen molar-refractivity contribution < 1.29 is 27.5 Å². The molecule has 2 amide bonds. The molecule has 2 rings (SSSR count). The molecule has 0 aromatic heterocycles. The van der Waals surface area contributed by atoms with Crippen molar-refractivity contribution in [2.24, 2.45) is 0 Å². The number of carbonyl (C=O) groups is 2. The van der Waals surface area contributed by atoms with Gasteiger partial charge in [0.2, 0.25) is 11.8 Å². The summed E-state index contributed by atoms with van der Waals surface area (Å²) in [6, 6.07) is 9.98. The van der Waals surface area contributed by atoms with Crippen molar-refractivity contribution in [1.29, 1.82) is 0 Å². The summed E-state index contributed by atoms with van der Waals surface area (Å²) in [5, 5.41) is 4.82. The van der Waals surface area contributed by atoms with E-state index in [4.69, 9.17) is 4.74 Å². The van der Waals surface area contributed by atoms with Crippen molar-refractivity contribution in [2.45, 2.75) is 25.9 Å². The van der Waals surface area contributed by atoms with E-state index in [0.29, 0.717) is 12.2 Å². The van der Waals surface area contributed by atoms with E-state index in [2.05, 4.69) is 26.6 Å². The highest BCUT2D eigenvalue weighted by Gasteiger charge is 2.31. The van der Waals surface area contributed by atoms with Crippen molar-refractivity contribution in [3.63, 3.8) is 0 Å². The van der Waals surface area contributed by atoms with Crippen molar-refractivity contribution in [3.05, 3.63) is 52.5 Å². The first-order chi connectivity index (χ1) is 13.2. The highest BCUT2D eigenvalue weighted by atomic mass is 79.9. The lowest BCUT2D eigenvalue weighted by Crippen LogP contribution is -2.17. The van der Waals surface area contributed by atoms with E-state index in [1.165, 1.54) is 6.92 Å². The van der Waals surface area contributed by atoms with Gasteiger partial charge in [-0.15, -0.1) is 0 Å². The number of hydrogen-bond donors (Lipinski definition) is 2. The summed E-state index contributed by atoms with van der Waals surface area (Å²) in [6.07, 6.45) is -4.16. The van der Waals surface area contributed by atoms with Crippen LogP contribution in [0.15, 0.2) is 46.9 Å². The van der Waals surface area contributed by atoms with Gasteiger partial charge in [0, 0.05) is 13.3 Å². The minimum Gasteiger partial charge on any atom is -0.492 e. The average molecular weight is 459 g/mol. The van der Waals surface area contributed by atoms with Crippen LogP contribution >= 0.6 is 15.9 Å². The van der Waals surface area contributed by atoms with E-state index in [0.717, 1.165) is 22.7 Å². The Morgan fingerprint density at radius 1 is 1.07 bits per heavy atom. The molecule has 28 heavy (non-hydrogen) atoms. The lowest BCUT2D eigenvalue weighted by atomic mass is 10.1. The van der Waals surface area contributed by atoms with E-state index in [1.54, 1.807) is 6.07 Å². The predicted octanol–water partition coefficient (Wildman–Crippen LogP) is 5.22. The van der Waals surface area contributed by atoms with Crippen LogP contribution in [-0.4, -0.2) is 18.4 Å². The van der Waals surface area contributed by atoms with Gasteiger partial charge in [0.15, 0.2) is 0 Å². The molecule has 0 aliphatic carbocycles. The van der Waals surface area contributed by atoms with Crippen molar-refractivity contribution in [3.8, 4) is 5.75 Å². The molecule has 2 aromatic rings. The standard InChI is InChI=1S/C19H18BrF3N2O3/c1-12(26)24-15-9-8-13(19(21,22)23)11-16(15)25-18(27)7-4-10-28-17-6-3-2-5-14(17)20/h2-3,5-6,8-9,11H,4,7,10H2,1H3,(H,24,26)(H,25,27). The molecule has 9 heteroatoms. The van der Waals surface area contributed by atoms with Crippen LogP contribution in [0, 0.1) is 0 Å². The van der Waals surface area contributed by atoms with Gasteiger partial charge in [-0.3, -0.25) is 9.59 Å². The van der Waals surface area contributed by atoms with E-state index in [1.807, 2.05) is 18.2 Å². The Morgan fingerprint density at radius 3 is 2.43 bits per heavy atom. The maximum absolute atomic E-state index is 12.9. The highest BCUT2D eigenvalue weighted by Crippen LogP contribution is 2.34. The lowest BCUT2D eigenvalue weighted by Gasteiger charge is -2.15. The Bertz CT molecular complexity index is 857. The molecule has 0 radical (unpaired) electrons. The third kappa shape index (κ3) is 6.56. The van der Waals surface area contributed by atoms with Gasteiger partial charge in [0.25, 0.3) is 0 Å². The molecule has 0 aliphatic heterocycles. The average Bonchev–Trinajstić information content (AvgIpc) is 2.60. The summed E-state index contributed by atoms with van der Waals surface area (Å²) in [6.45, 7) is 1.49. The number of halogens is 4. The molecule has 0 fully saturated rings. The molecule has 2 N–H and O–H groups in total. The zero-order chi connectivity index (χ0) is 20.7. The van der Waals surface area contributed by atoms with Gasteiger partial charge in [-0.1, -0.05) is 12.1 Å². The number of rotatable bonds is 7. The second kappa shape index (κ2) is 9.59. The molecule has 2 aromatic carbocycles. The van der Waals surface area contributed by atoms with Crippen LogP contribution in [0.4, 0.5) is 24.5 Å². The number of para-hydroxylation sites is 1. The second-order valence-electron chi connectivity index (χ2n) is 5.87. The minimum atomic E-state index is -4.56. The summed E-state index contributed by atoms with van der Waals surface area (Å²) in [7, 11) is 0. The fraction of sp³-hybridized carbons (Fsp3) is 0.263. The molecule has 0 aliphatic rings. The van der Waals surface area contributed by atoms with E-state index < -0.39 is 23.6 Å². The summed E-state index contributed by atoms with van der Waals surface area (Å²) in [5.74, 6) is -0.313. The van der Waals surface area contributed by atoms with Gasteiger partial charge in [0.05, 0.1) is 28.0 Å². The van der Waals surface area contributed by atoms with Gasteiger partial charge in [-0.2, -0.15) is 13.2 Å². The van der Waals surface area contributed by atoms with Gasteiger partial charge in [-0.25, -0.2) is 0 Å². The van der Waals surface area contributed by atoms with Crippen LogP contribution in [0.2, 0.25) is 0 Å². The van der Waals surface area contributed by atoms with Crippen LogP contribution in [0.5, 0.6) is 5.75 Å². The van der Waals surface area contributed by atoms with Gasteiger partial charge in [-0.05, 0) is 52.7 Å². The van der Waals surface area contributed by atoms with Crippen molar-refractivity contribution in [1.82, 2.24) is 0 Å². The third-order valence-corrected chi connectivity index (χ3v) is 4.23. The predicted molar refractivity (Wildman–Crippen MR) is 103 cm³/mol. The topological polar surface area (TPSA) is 67.4 Å². The molecule has 0 unspecified atom stereocenters. The number of alkyl halides is 3. The normalized spacial score (nSPS) is 11.0. The Morgan fingerprint density at radius 2 is 1.79 bits per heavy atom. The van der Waals surface area contributed by atoms with E-state index >= 15 is 0 Å². The van der Waals surface area contributed by atoms with Crippen LogP contribution in [0.25, 0.3) is 0 Å². The fourth-order valence-corrected chi connectivity index (χ4v) is 2.71. The number of benzene rings is 2. The van der Waals surface area contributed by atoms with E-state index in [9.17, 15) is 22.8 Å². The number of carbonyl (C=O) groups excluding carboxylic acids is 2. The van der Waals surface area contributed by atoms with Gasteiger partial charge in [0.1, 0.15) is 5.75 Å². The van der Waals surface area contributed by atoms with Crippen LogP contribution < -0.4 is 15.4 Å². The first-order valence-electron chi connectivity index (χ1n) is 8.33. The Hall–Kier alpha value is -2.55. The molecular weight excluding hydrogens is 441 g/mol. The monoisotopic (exact) mass is 458 g/mol. The van der Waals surface area contributed by atoms with Crippen molar-refractivity contribution >= 4 is 39.1 Å². The number of nitrogens with one attached hydrogen (secondary N) is 2. The molecule has 5 nitrogen and oxygen atoms in total. The first-order valence-corrected chi connectivity index (χ1v) is 9.12. The highest BCUT2D eigenvalue weighted by molar-refractivity contribution is 9.10. The molecule has 0 saturated heterocycles. The zero-order valence-electron chi connectivity index (χ0n) is 14.9. The van der Waals surface area contributed by atoms with Gasteiger partial charge >= 0.3 is 6.18 Å². The first kappa shape index (κ1) is 21.7. The molecule has 150 valence electrons. The van der Waals surface area contributed by atoms with E-state index in [-0.39, 0.29) is 24.4 Å². The quantitative estimate of drug-likeness (QED) is 0.558. The van der Waals surface area contributed by atoms with Gasteiger partial charge < -0.3 is 15.4 Å². The Balaban J connectivity index is 1.97. The molecule has 0 atom stereocenters. The zero-order valence-corrected chi connectivity index (χ0v) is 16.5. The summed E-state index contributed by atoms with van der Waals surface area (Å²) in [4.78, 5) is 23.4.